The van der Waals surface area contributed by atoms with Gasteiger partial charge in [0.05, 0.1) is 0 Å². The molecule has 2 heteroatoms. The summed E-state index contributed by atoms with van der Waals surface area (Å²) in [7, 11) is 0. The van der Waals surface area contributed by atoms with Crippen molar-refractivity contribution in [2.45, 2.75) is 20.3 Å². The zero-order valence-electron chi connectivity index (χ0n) is 9.17. The molecule has 0 atom stereocenters. The number of aromatic nitrogens is 1. The molecule has 2 rings (SSSR count). The van der Waals surface area contributed by atoms with E-state index in [9.17, 15) is 0 Å². The van der Waals surface area contributed by atoms with E-state index in [1.807, 2.05) is 24.3 Å². The van der Waals surface area contributed by atoms with Crippen LogP contribution in [0, 0.1) is 6.92 Å². The van der Waals surface area contributed by atoms with Gasteiger partial charge in [0.25, 0.3) is 0 Å². The monoisotopic (exact) mass is 200 g/mol. The molecule has 2 aromatic rings. The molecular formula is C13H16N2. The van der Waals surface area contributed by atoms with Crippen LogP contribution in [-0.4, -0.2) is 4.98 Å². The van der Waals surface area contributed by atoms with E-state index in [-0.39, 0.29) is 0 Å². The van der Waals surface area contributed by atoms with Gasteiger partial charge in [-0.2, -0.15) is 0 Å². The lowest BCUT2D eigenvalue weighted by atomic mass is 10.1. The summed E-state index contributed by atoms with van der Waals surface area (Å²) in [6.07, 6.45) is 1.04. The molecule has 1 heterocycles. The summed E-state index contributed by atoms with van der Waals surface area (Å²) in [5.74, 6) is 0. The van der Waals surface area contributed by atoms with E-state index in [0.29, 0.717) is 0 Å². The van der Waals surface area contributed by atoms with Crippen molar-refractivity contribution in [1.29, 1.82) is 0 Å². The molecule has 3 N–H and O–H groups in total. The Morgan fingerprint density at radius 3 is 2.40 bits per heavy atom. The van der Waals surface area contributed by atoms with Gasteiger partial charge in [0, 0.05) is 17.1 Å². The van der Waals surface area contributed by atoms with Gasteiger partial charge in [-0.3, -0.25) is 0 Å². The standard InChI is InChI=1S/C13H16N2/c1-3-12-9(2)8-13(15-12)10-4-6-11(14)7-5-10/h4-8,15H,3,14H2,1-2H3. The SMILES string of the molecule is CCc1[nH]c(-c2ccc(N)cc2)cc1C. The number of nitrogens with two attached hydrogens (primary N) is 1. The van der Waals surface area contributed by atoms with Crippen LogP contribution < -0.4 is 5.73 Å². The maximum atomic E-state index is 5.66. The fraction of sp³-hybridized carbons (Fsp3) is 0.231. The number of anilines is 1. The largest absolute Gasteiger partial charge is 0.399 e. The maximum Gasteiger partial charge on any atom is 0.0458 e. The average Bonchev–Trinajstić information content (AvgIpc) is 2.61. The molecule has 0 radical (unpaired) electrons. The fourth-order valence-electron chi connectivity index (χ4n) is 1.79. The average molecular weight is 200 g/mol. The van der Waals surface area contributed by atoms with Crippen molar-refractivity contribution in [3.05, 3.63) is 41.6 Å². The van der Waals surface area contributed by atoms with Crippen molar-refractivity contribution >= 4 is 5.69 Å². The third-order valence-corrected chi connectivity index (χ3v) is 2.70. The number of nitrogen functional groups attached to an aromatic ring is 1. The summed E-state index contributed by atoms with van der Waals surface area (Å²) in [6, 6.07) is 10.1. The van der Waals surface area contributed by atoms with Gasteiger partial charge in [0.2, 0.25) is 0 Å². The van der Waals surface area contributed by atoms with Crippen molar-refractivity contribution in [1.82, 2.24) is 4.98 Å². The van der Waals surface area contributed by atoms with E-state index in [1.165, 1.54) is 22.5 Å². The van der Waals surface area contributed by atoms with E-state index >= 15 is 0 Å². The number of aryl methyl sites for hydroxylation is 2. The number of rotatable bonds is 2. The van der Waals surface area contributed by atoms with Crippen LogP contribution in [0.2, 0.25) is 0 Å². The van der Waals surface area contributed by atoms with Gasteiger partial charge in [-0.05, 0) is 42.7 Å². The highest BCUT2D eigenvalue weighted by molar-refractivity contribution is 5.63. The second kappa shape index (κ2) is 3.81. The Bertz CT molecular complexity index is 452. The van der Waals surface area contributed by atoms with Gasteiger partial charge < -0.3 is 10.7 Å². The molecule has 15 heavy (non-hydrogen) atoms. The maximum absolute atomic E-state index is 5.66. The summed E-state index contributed by atoms with van der Waals surface area (Å²) < 4.78 is 0. The molecule has 0 aliphatic carbocycles. The van der Waals surface area contributed by atoms with Crippen LogP contribution in [-0.2, 0) is 6.42 Å². The fourth-order valence-corrected chi connectivity index (χ4v) is 1.79. The van der Waals surface area contributed by atoms with E-state index < -0.39 is 0 Å². The minimum Gasteiger partial charge on any atom is -0.399 e. The predicted molar refractivity (Wildman–Crippen MR) is 64.8 cm³/mol. The summed E-state index contributed by atoms with van der Waals surface area (Å²) >= 11 is 0. The van der Waals surface area contributed by atoms with Crippen molar-refractivity contribution in [3.8, 4) is 11.3 Å². The number of hydrogen-bond acceptors (Lipinski definition) is 1. The van der Waals surface area contributed by atoms with Gasteiger partial charge in [-0.15, -0.1) is 0 Å². The molecule has 78 valence electrons. The highest BCUT2D eigenvalue weighted by atomic mass is 14.7. The minimum absolute atomic E-state index is 0.803. The molecule has 0 spiro atoms. The molecule has 0 fully saturated rings. The first-order chi connectivity index (χ1) is 7.20. The van der Waals surface area contributed by atoms with Crippen molar-refractivity contribution in [3.63, 3.8) is 0 Å². The first-order valence-electron chi connectivity index (χ1n) is 5.25. The summed E-state index contributed by atoms with van der Waals surface area (Å²) in [4.78, 5) is 3.43. The number of nitrogens with one attached hydrogen (secondary N) is 1. The van der Waals surface area contributed by atoms with Gasteiger partial charge in [-0.25, -0.2) is 0 Å². The third kappa shape index (κ3) is 1.89. The van der Waals surface area contributed by atoms with E-state index in [0.717, 1.165) is 12.1 Å². The number of hydrogen-bond donors (Lipinski definition) is 2. The van der Waals surface area contributed by atoms with Crippen LogP contribution in [0.15, 0.2) is 30.3 Å². The Morgan fingerprint density at radius 1 is 1.20 bits per heavy atom. The summed E-state index contributed by atoms with van der Waals surface area (Å²) in [6.45, 7) is 4.29. The Kier molecular flexibility index (Phi) is 2.50. The van der Waals surface area contributed by atoms with Crippen LogP contribution in [0.3, 0.4) is 0 Å². The number of benzene rings is 1. The second-order valence-electron chi connectivity index (χ2n) is 3.82. The Hall–Kier alpha value is -1.70. The lowest BCUT2D eigenvalue weighted by Gasteiger charge is -1.98. The highest BCUT2D eigenvalue weighted by Crippen LogP contribution is 2.22. The molecule has 2 nitrogen and oxygen atoms in total. The van der Waals surface area contributed by atoms with E-state index in [4.69, 9.17) is 5.73 Å². The molecular weight excluding hydrogens is 184 g/mol. The molecule has 0 amide bonds. The smallest absolute Gasteiger partial charge is 0.0458 e. The van der Waals surface area contributed by atoms with Crippen molar-refractivity contribution in [2.24, 2.45) is 0 Å². The lowest BCUT2D eigenvalue weighted by molar-refractivity contribution is 1.05. The van der Waals surface area contributed by atoms with Crippen LogP contribution in [0.25, 0.3) is 11.3 Å². The van der Waals surface area contributed by atoms with Gasteiger partial charge in [0.1, 0.15) is 0 Å². The molecule has 0 unspecified atom stereocenters. The Labute approximate surface area is 90.1 Å². The molecule has 0 aliphatic heterocycles. The van der Waals surface area contributed by atoms with Gasteiger partial charge in [0.15, 0.2) is 0 Å². The van der Waals surface area contributed by atoms with E-state index in [2.05, 4.69) is 24.9 Å². The number of H-pyrrole nitrogens is 1. The molecule has 0 saturated carbocycles. The van der Waals surface area contributed by atoms with Gasteiger partial charge in [-0.1, -0.05) is 19.1 Å². The molecule has 1 aromatic heterocycles. The summed E-state index contributed by atoms with van der Waals surface area (Å²) in [5.41, 5.74) is 11.4. The minimum atomic E-state index is 0.803. The lowest BCUT2D eigenvalue weighted by Crippen LogP contribution is -1.85. The van der Waals surface area contributed by atoms with Crippen LogP contribution in [0.5, 0.6) is 0 Å². The summed E-state index contributed by atoms with van der Waals surface area (Å²) in [5, 5.41) is 0. The van der Waals surface area contributed by atoms with Crippen molar-refractivity contribution in [2.75, 3.05) is 5.73 Å². The molecule has 0 bridgehead atoms. The van der Waals surface area contributed by atoms with Gasteiger partial charge >= 0.3 is 0 Å². The zero-order valence-corrected chi connectivity index (χ0v) is 9.17. The number of aromatic amines is 1. The first-order valence-corrected chi connectivity index (χ1v) is 5.25. The topological polar surface area (TPSA) is 41.8 Å². The van der Waals surface area contributed by atoms with Crippen LogP contribution >= 0.6 is 0 Å². The highest BCUT2D eigenvalue weighted by Gasteiger charge is 2.04. The normalized spacial score (nSPS) is 10.5. The molecule has 1 aromatic carbocycles. The Balaban J connectivity index is 2.41. The predicted octanol–water partition coefficient (Wildman–Crippen LogP) is 3.13. The van der Waals surface area contributed by atoms with Crippen LogP contribution in [0.1, 0.15) is 18.2 Å². The van der Waals surface area contributed by atoms with E-state index in [1.54, 1.807) is 0 Å². The molecule has 0 aliphatic rings. The Morgan fingerprint density at radius 2 is 1.87 bits per heavy atom. The zero-order chi connectivity index (χ0) is 10.8. The third-order valence-electron chi connectivity index (χ3n) is 2.70. The van der Waals surface area contributed by atoms with Crippen LogP contribution in [0.4, 0.5) is 5.69 Å². The van der Waals surface area contributed by atoms with Crippen molar-refractivity contribution < 1.29 is 0 Å². The molecule has 0 saturated heterocycles. The quantitative estimate of drug-likeness (QED) is 0.718. The first kappa shape index (κ1) is 9.84. The second-order valence-corrected chi connectivity index (χ2v) is 3.82.